The molecule has 0 atom stereocenters. The van der Waals surface area contributed by atoms with Crippen LogP contribution in [0.1, 0.15) is 13.8 Å². The number of ether oxygens (including phenoxy) is 1. The Kier molecular flexibility index (Phi) is 14.4. The van der Waals surface area contributed by atoms with Gasteiger partial charge in [-0.1, -0.05) is 143 Å². The van der Waals surface area contributed by atoms with Gasteiger partial charge in [-0.2, -0.15) is 0 Å². The highest BCUT2D eigenvalue weighted by Crippen LogP contribution is 2.30. The predicted octanol–water partition coefficient (Wildman–Crippen LogP) is 12.6. The average molecular weight is 688 g/mol. The summed E-state index contributed by atoms with van der Waals surface area (Å²) in [7, 11) is 4.25. The number of benzene rings is 6. The first-order valence-corrected chi connectivity index (χ1v) is 17.3. The third-order valence-electron chi connectivity index (χ3n) is 8.40. The van der Waals surface area contributed by atoms with Gasteiger partial charge in [0.2, 0.25) is 0 Å². The normalized spacial score (nSPS) is 10.0. The van der Waals surface area contributed by atoms with E-state index in [1.165, 1.54) is 65.4 Å². The fourth-order valence-corrected chi connectivity index (χ4v) is 6.45. The van der Waals surface area contributed by atoms with E-state index in [-0.39, 0.29) is 0 Å². The molecule has 9 aromatic rings. The number of rotatable bonds is 3. The van der Waals surface area contributed by atoms with Gasteiger partial charge in [-0.05, 0) is 36.4 Å². The summed E-state index contributed by atoms with van der Waals surface area (Å²) in [6.07, 6.45) is 5.60. The van der Waals surface area contributed by atoms with Gasteiger partial charge in [-0.15, -0.1) is 0 Å². The van der Waals surface area contributed by atoms with Crippen molar-refractivity contribution in [3.05, 3.63) is 165 Å². The van der Waals surface area contributed by atoms with Crippen LogP contribution in [-0.2, 0) is 4.74 Å². The van der Waals surface area contributed by atoms with Crippen molar-refractivity contribution in [2.45, 2.75) is 13.8 Å². The quantitative estimate of drug-likeness (QED) is 0.201. The largest absolute Gasteiger partial charge is 0.400 e. The second-order valence-corrected chi connectivity index (χ2v) is 11.2. The highest BCUT2D eigenvalue weighted by Gasteiger charge is 2.08. The van der Waals surface area contributed by atoms with E-state index in [4.69, 9.17) is 5.11 Å². The molecule has 0 bridgehead atoms. The van der Waals surface area contributed by atoms with Crippen LogP contribution in [0.25, 0.3) is 84.0 Å². The molecule has 5 heteroatoms. The third-order valence-corrected chi connectivity index (χ3v) is 8.40. The second kappa shape index (κ2) is 19.3. The van der Waals surface area contributed by atoms with Crippen molar-refractivity contribution in [1.29, 1.82) is 0 Å². The maximum Gasteiger partial charge on any atom is 0.0534 e. The first-order valence-electron chi connectivity index (χ1n) is 17.3. The molecule has 3 heterocycles. The molecule has 52 heavy (non-hydrogen) atoms. The third kappa shape index (κ3) is 7.77. The molecule has 9 rings (SSSR count). The van der Waals surface area contributed by atoms with Crippen LogP contribution < -0.4 is 0 Å². The van der Waals surface area contributed by atoms with E-state index in [1.807, 2.05) is 32.4 Å². The van der Waals surface area contributed by atoms with Gasteiger partial charge in [0.1, 0.15) is 0 Å². The number of methoxy groups -OCH3 is 1. The van der Waals surface area contributed by atoms with Crippen LogP contribution in [0, 0.1) is 0 Å². The SMILES string of the molecule is C=Cn1c2ccccc2c2ccccc21.C=Cn1c2ccccc2c2ccccc21.C=Cn1c2ccccc2c2ccccc21.CC.CO.COC. The minimum Gasteiger partial charge on any atom is -0.400 e. The molecule has 5 nitrogen and oxygen atoms in total. The van der Waals surface area contributed by atoms with Crippen LogP contribution in [0.15, 0.2) is 165 Å². The zero-order valence-electron chi connectivity index (χ0n) is 30.9. The maximum absolute atomic E-state index is 7.00. The molecule has 0 spiro atoms. The van der Waals surface area contributed by atoms with Crippen molar-refractivity contribution >= 4 is 84.0 Å². The summed E-state index contributed by atoms with van der Waals surface area (Å²) in [5.74, 6) is 0. The van der Waals surface area contributed by atoms with Gasteiger partial charge in [0.05, 0.1) is 33.1 Å². The molecule has 0 unspecified atom stereocenters. The summed E-state index contributed by atoms with van der Waals surface area (Å²) >= 11 is 0. The Morgan fingerprint density at radius 2 is 0.500 bits per heavy atom. The predicted molar refractivity (Wildman–Crippen MR) is 230 cm³/mol. The van der Waals surface area contributed by atoms with Gasteiger partial charge in [-0.25, -0.2) is 0 Å². The van der Waals surface area contributed by atoms with Crippen molar-refractivity contribution in [2.24, 2.45) is 0 Å². The van der Waals surface area contributed by atoms with E-state index in [9.17, 15) is 0 Å². The summed E-state index contributed by atoms with van der Waals surface area (Å²) in [6.45, 7) is 15.6. The summed E-state index contributed by atoms with van der Waals surface area (Å²) < 4.78 is 10.6. The van der Waals surface area contributed by atoms with Crippen molar-refractivity contribution in [3.8, 4) is 0 Å². The van der Waals surface area contributed by atoms with Crippen molar-refractivity contribution in [3.63, 3.8) is 0 Å². The highest BCUT2D eigenvalue weighted by atomic mass is 16.4. The number of aromatic nitrogens is 3. The van der Waals surface area contributed by atoms with Crippen LogP contribution in [0.5, 0.6) is 0 Å². The molecule has 0 amide bonds. The molecule has 3 aromatic heterocycles. The van der Waals surface area contributed by atoms with E-state index in [0.29, 0.717) is 0 Å². The van der Waals surface area contributed by atoms with Gasteiger partial charge >= 0.3 is 0 Å². The maximum atomic E-state index is 7.00. The lowest BCUT2D eigenvalue weighted by molar-refractivity contribution is 0.277. The Labute approximate surface area is 307 Å². The van der Waals surface area contributed by atoms with Crippen molar-refractivity contribution in [1.82, 2.24) is 13.7 Å². The first kappa shape index (κ1) is 38.7. The molecule has 0 aliphatic carbocycles. The number of para-hydroxylation sites is 6. The fourth-order valence-electron chi connectivity index (χ4n) is 6.45. The van der Waals surface area contributed by atoms with Crippen LogP contribution >= 0.6 is 0 Å². The van der Waals surface area contributed by atoms with E-state index < -0.39 is 0 Å². The summed E-state index contributed by atoms with van der Waals surface area (Å²) in [6, 6.07) is 50.4. The Balaban J connectivity index is 0.000000161. The van der Waals surface area contributed by atoms with Gasteiger partial charge in [-0.3, -0.25) is 0 Å². The summed E-state index contributed by atoms with van der Waals surface area (Å²) in [5, 5.41) is 14.7. The molecule has 264 valence electrons. The van der Waals surface area contributed by atoms with E-state index in [2.05, 4.69) is 184 Å². The number of hydrogen-bond donors (Lipinski definition) is 1. The number of aliphatic hydroxyl groups is 1. The Hall–Kier alpha value is -6.14. The number of fused-ring (bicyclic) bond motifs is 9. The lowest BCUT2D eigenvalue weighted by atomic mass is 10.2. The standard InChI is InChI=1S/3C14H11N.C2H6O.C2H6.CH4O/c3*1-2-15-13-9-5-3-7-11(13)12-8-4-6-10-14(12)15;1-3-2;2*1-2/h3*2-10H,1H2;1-2H3;1-2H3;2H,1H3. The van der Waals surface area contributed by atoms with Crippen LogP contribution in [0.4, 0.5) is 0 Å². The summed E-state index contributed by atoms with van der Waals surface area (Å²) in [4.78, 5) is 0. The van der Waals surface area contributed by atoms with Gasteiger partial charge in [0.15, 0.2) is 0 Å². The van der Waals surface area contributed by atoms with Gasteiger partial charge < -0.3 is 23.5 Å². The Morgan fingerprint density at radius 3 is 0.635 bits per heavy atom. The molecule has 0 saturated carbocycles. The topological polar surface area (TPSA) is 44.2 Å². The van der Waals surface area contributed by atoms with Crippen molar-refractivity contribution < 1.29 is 9.84 Å². The van der Waals surface area contributed by atoms with Gasteiger partial charge in [0, 0.05) is 72.2 Å². The lowest BCUT2D eigenvalue weighted by Crippen LogP contribution is -1.82. The average Bonchev–Trinajstić information content (AvgIpc) is 3.85. The zero-order chi connectivity index (χ0) is 37.5. The minimum absolute atomic E-state index is 1.00. The molecule has 0 radical (unpaired) electrons. The lowest BCUT2D eigenvalue weighted by Gasteiger charge is -1.97. The number of nitrogens with zero attached hydrogens (tertiary/aromatic N) is 3. The first-order chi connectivity index (χ1) is 25.7. The Morgan fingerprint density at radius 1 is 0.365 bits per heavy atom. The van der Waals surface area contributed by atoms with Crippen LogP contribution in [0.2, 0.25) is 0 Å². The Bertz CT molecular complexity index is 2090. The second-order valence-electron chi connectivity index (χ2n) is 11.2. The van der Waals surface area contributed by atoms with E-state index >= 15 is 0 Å². The van der Waals surface area contributed by atoms with Gasteiger partial charge in [0.25, 0.3) is 0 Å². The van der Waals surface area contributed by atoms with Crippen LogP contribution in [0.3, 0.4) is 0 Å². The molecule has 0 aliphatic rings. The molecule has 0 fully saturated rings. The fraction of sp³-hybridized carbons (Fsp3) is 0.106. The van der Waals surface area contributed by atoms with E-state index in [1.54, 1.807) is 14.2 Å². The number of hydrogen-bond acceptors (Lipinski definition) is 2. The summed E-state index contributed by atoms with van der Waals surface area (Å²) in [5.41, 5.74) is 7.30. The van der Waals surface area contributed by atoms with Crippen molar-refractivity contribution in [2.75, 3.05) is 21.3 Å². The highest BCUT2D eigenvalue weighted by molar-refractivity contribution is 6.11. The zero-order valence-corrected chi connectivity index (χ0v) is 30.9. The monoisotopic (exact) mass is 687 g/mol. The smallest absolute Gasteiger partial charge is 0.0534 e. The molecular formula is C47H49N3O2. The molecular weight excluding hydrogens is 639 g/mol. The molecule has 1 N–H and O–H groups in total. The van der Waals surface area contributed by atoms with E-state index in [0.717, 1.165) is 7.11 Å². The molecule has 0 aliphatic heterocycles. The number of aliphatic hydroxyl groups excluding tert-OH is 1. The molecule has 6 aromatic carbocycles. The molecule has 0 saturated heterocycles. The van der Waals surface area contributed by atoms with Crippen LogP contribution in [-0.4, -0.2) is 40.1 Å². The minimum atomic E-state index is 1.00.